The molecule has 1 aliphatic heterocycles. The van der Waals surface area contributed by atoms with Crippen LogP contribution < -0.4 is 0 Å². The summed E-state index contributed by atoms with van der Waals surface area (Å²) in [4.78, 5) is 10.1. The van der Waals surface area contributed by atoms with Crippen LogP contribution in [-0.2, 0) is 14.3 Å². The summed E-state index contributed by atoms with van der Waals surface area (Å²) < 4.78 is 9.44. The van der Waals surface area contributed by atoms with Gasteiger partial charge in [0, 0.05) is 0 Å². The Balaban J connectivity index is 2.31. The third-order valence-corrected chi connectivity index (χ3v) is 1.03. The summed E-state index contributed by atoms with van der Waals surface area (Å²) in [5, 5.41) is 8.29. The minimum Gasteiger partial charge on any atom is -0.477 e. The molecule has 0 aromatic heterocycles. The van der Waals surface area contributed by atoms with Crippen molar-refractivity contribution in [2.24, 2.45) is 0 Å². The van der Waals surface area contributed by atoms with Crippen LogP contribution in [0.2, 0.25) is 0 Å². The number of aliphatic carboxylic acids is 1. The van der Waals surface area contributed by atoms with E-state index < -0.39 is 12.3 Å². The van der Waals surface area contributed by atoms with Crippen LogP contribution in [0.1, 0.15) is 6.42 Å². The van der Waals surface area contributed by atoms with Gasteiger partial charge in [-0.05, 0) is 6.42 Å². The van der Waals surface area contributed by atoms with Gasteiger partial charge in [0.1, 0.15) is 0 Å². The van der Waals surface area contributed by atoms with Crippen molar-refractivity contribution < 1.29 is 19.4 Å². The fourth-order valence-electron chi connectivity index (χ4n) is 0.630. The van der Waals surface area contributed by atoms with Crippen LogP contribution in [0, 0.1) is 0 Å². The van der Waals surface area contributed by atoms with Gasteiger partial charge < -0.3 is 14.6 Å². The predicted molar refractivity (Wildman–Crippen MR) is 27.9 cm³/mol. The highest BCUT2D eigenvalue weighted by atomic mass is 16.7. The number of carboxylic acids is 1. The Morgan fingerprint density at radius 1 is 1.44 bits per heavy atom. The van der Waals surface area contributed by atoms with Crippen LogP contribution in [0.25, 0.3) is 0 Å². The minimum absolute atomic E-state index is 0.483. The predicted octanol–water partition coefficient (Wildman–Crippen LogP) is -0.166. The average molecular weight is 132 g/mol. The number of ether oxygens (including phenoxy) is 2. The Kier molecular flexibility index (Phi) is 2.02. The Morgan fingerprint density at radius 2 is 2.00 bits per heavy atom. The van der Waals surface area contributed by atoms with Gasteiger partial charge in [-0.3, -0.25) is 0 Å². The first-order valence-electron chi connectivity index (χ1n) is 2.77. The van der Waals surface area contributed by atoms with Gasteiger partial charge in [-0.1, -0.05) is 0 Å². The average Bonchev–Trinajstić information content (AvgIpc) is 1.90. The van der Waals surface area contributed by atoms with E-state index >= 15 is 0 Å². The molecule has 0 saturated carbocycles. The number of hydrogen-bond donors (Lipinski definition) is 1. The van der Waals surface area contributed by atoms with Crippen LogP contribution in [-0.4, -0.2) is 30.6 Å². The lowest BCUT2D eigenvalue weighted by Crippen LogP contribution is -2.32. The summed E-state index contributed by atoms with van der Waals surface area (Å²) in [6.45, 7) is 0.966. The summed E-state index contributed by atoms with van der Waals surface area (Å²) in [7, 11) is 0. The first-order valence-corrected chi connectivity index (χ1v) is 2.77. The maximum Gasteiger partial charge on any atom is 0.361 e. The van der Waals surface area contributed by atoms with Crippen molar-refractivity contribution in [1.29, 1.82) is 0 Å². The SMILES string of the molecule is O=C(O)C1OCCCO1. The van der Waals surface area contributed by atoms with Crippen molar-refractivity contribution in [3.63, 3.8) is 0 Å². The Hall–Kier alpha value is -0.610. The first kappa shape index (κ1) is 6.51. The van der Waals surface area contributed by atoms with E-state index in [1.807, 2.05) is 0 Å². The van der Waals surface area contributed by atoms with E-state index in [1.165, 1.54) is 0 Å². The quantitative estimate of drug-likeness (QED) is 0.538. The lowest BCUT2D eigenvalue weighted by atomic mass is 10.4. The molecule has 0 atom stereocenters. The topological polar surface area (TPSA) is 55.8 Å². The molecule has 1 rings (SSSR count). The first-order chi connectivity index (χ1) is 4.30. The summed E-state index contributed by atoms with van der Waals surface area (Å²) in [6.07, 6.45) is -0.247. The van der Waals surface area contributed by atoms with Crippen molar-refractivity contribution in [3.8, 4) is 0 Å². The Bertz CT molecular complexity index is 106. The van der Waals surface area contributed by atoms with Crippen LogP contribution in [0.4, 0.5) is 0 Å². The molecule has 0 aliphatic carbocycles. The monoisotopic (exact) mass is 132 g/mol. The van der Waals surface area contributed by atoms with E-state index in [0.717, 1.165) is 6.42 Å². The zero-order valence-electron chi connectivity index (χ0n) is 4.87. The van der Waals surface area contributed by atoms with E-state index in [1.54, 1.807) is 0 Å². The largest absolute Gasteiger partial charge is 0.477 e. The molecule has 0 aromatic rings. The molecule has 1 heterocycles. The Labute approximate surface area is 52.4 Å². The second-order valence-corrected chi connectivity index (χ2v) is 1.77. The summed E-state index contributed by atoms with van der Waals surface area (Å²) >= 11 is 0. The van der Waals surface area contributed by atoms with Crippen molar-refractivity contribution in [2.45, 2.75) is 12.7 Å². The fraction of sp³-hybridized carbons (Fsp3) is 0.800. The van der Waals surface area contributed by atoms with Gasteiger partial charge in [-0.2, -0.15) is 0 Å². The molecule has 0 unspecified atom stereocenters. The smallest absolute Gasteiger partial charge is 0.361 e. The van der Waals surface area contributed by atoms with Gasteiger partial charge in [0.05, 0.1) is 13.2 Å². The summed E-state index contributed by atoms with van der Waals surface area (Å²) in [5.74, 6) is -1.05. The maximum absolute atomic E-state index is 10.1. The van der Waals surface area contributed by atoms with E-state index in [-0.39, 0.29) is 0 Å². The number of carboxylic acid groups (broad SMARTS) is 1. The van der Waals surface area contributed by atoms with Crippen molar-refractivity contribution in [2.75, 3.05) is 13.2 Å². The van der Waals surface area contributed by atoms with E-state index in [2.05, 4.69) is 0 Å². The Morgan fingerprint density at radius 3 is 2.33 bits per heavy atom. The highest BCUT2D eigenvalue weighted by molar-refractivity contribution is 5.70. The molecular formula is C5H8O4. The summed E-state index contributed by atoms with van der Waals surface area (Å²) in [6, 6.07) is 0. The molecule has 1 saturated heterocycles. The van der Waals surface area contributed by atoms with E-state index in [4.69, 9.17) is 14.6 Å². The van der Waals surface area contributed by atoms with Crippen LogP contribution in [0.15, 0.2) is 0 Å². The van der Waals surface area contributed by atoms with E-state index in [0.29, 0.717) is 13.2 Å². The second-order valence-electron chi connectivity index (χ2n) is 1.77. The molecular weight excluding hydrogens is 124 g/mol. The number of hydrogen-bond acceptors (Lipinski definition) is 3. The molecule has 0 spiro atoms. The number of rotatable bonds is 1. The second kappa shape index (κ2) is 2.80. The van der Waals surface area contributed by atoms with Gasteiger partial charge in [-0.25, -0.2) is 4.79 Å². The zero-order valence-corrected chi connectivity index (χ0v) is 4.87. The van der Waals surface area contributed by atoms with Gasteiger partial charge in [0.25, 0.3) is 6.29 Å². The molecule has 4 heteroatoms. The maximum atomic E-state index is 10.1. The lowest BCUT2D eigenvalue weighted by Gasteiger charge is -2.18. The van der Waals surface area contributed by atoms with E-state index in [9.17, 15) is 4.79 Å². The molecule has 0 bridgehead atoms. The summed E-state index contributed by atoms with van der Waals surface area (Å²) in [5.41, 5.74) is 0. The van der Waals surface area contributed by atoms with Gasteiger partial charge >= 0.3 is 5.97 Å². The molecule has 0 aromatic carbocycles. The molecule has 0 radical (unpaired) electrons. The molecule has 1 N–H and O–H groups in total. The highest BCUT2D eigenvalue weighted by Gasteiger charge is 2.21. The molecule has 4 nitrogen and oxygen atoms in total. The van der Waals surface area contributed by atoms with Crippen LogP contribution in [0.5, 0.6) is 0 Å². The zero-order chi connectivity index (χ0) is 6.69. The van der Waals surface area contributed by atoms with Crippen molar-refractivity contribution in [3.05, 3.63) is 0 Å². The highest BCUT2D eigenvalue weighted by Crippen LogP contribution is 2.03. The normalized spacial score (nSPS) is 21.8. The third-order valence-electron chi connectivity index (χ3n) is 1.03. The van der Waals surface area contributed by atoms with Gasteiger partial charge in [-0.15, -0.1) is 0 Å². The third kappa shape index (κ3) is 1.65. The standard InChI is InChI=1S/C5H8O4/c6-4(7)5-8-2-1-3-9-5/h5H,1-3H2,(H,6,7). The van der Waals surface area contributed by atoms with Crippen LogP contribution >= 0.6 is 0 Å². The molecule has 0 amide bonds. The fourth-order valence-corrected chi connectivity index (χ4v) is 0.630. The van der Waals surface area contributed by atoms with Crippen LogP contribution in [0.3, 0.4) is 0 Å². The van der Waals surface area contributed by atoms with Gasteiger partial charge in [0.15, 0.2) is 0 Å². The molecule has 52 valence electrons. The molecule has 1 aliphatic rings. The number of carbonyl (C=O) groups is 1. The molecule has 1 fully saturated rings. The van der Waals surface area contributed by atoms with Crippen molar-refractivity contribution in [1.82, 2.24) is 0 Å². The molecule has 9 heavy (non-hydrogen) atoms. The van der Waals surface area contributed by atoms with Crippen molar-refractivity contribution >= 4 is 5.97 Å². The minimum atomic E-state index is -1.05. The van der Waals surface area contributed by atoms with Gasteiger partial charge in [0.2, 0.25) is 0 Å². The lowest BCUT2D eigenvalue weighted by molar-refractivity contribution is -0.205.